The van der Waals surface area contributed by atoms with Crippen LogP contribution in [0.25, 0.3) is 21.5 Å². The van der Waals surface area contributed by atoms with Gasteiger partial charge in [0.05, 0.1) is 26.7 Å². The topological polar surface area (TPSA) is 203 Å². The van der Waals surface area contributed by atoms with E-state index in [0.29, 0.717) is 26.8 Å². The Labute approximate surface area is 324 Å². The standard InChI is InChI=1S/C16H13N3O4.C12H11NO3.C7H6N4O.CH3I.CH4/c1-11(23-16(20)18-9-8-17-10-18)13-6-2-4-12-5-3-7-14(15(12)13)19(21)22;1-8(14)10-6-2-4-9-5-3-7-11(12(9)10)13(15)16;12-7(10-3-1-8-5-10)11-4-2-9-6-11;1-2;/h2-11H,1H3;2-8,14H,1H3;1-6H;1H3;1H4/i;;;1D;. The van der Waals surface area contributed by atoms with Crippen molar-refractivity contribution in [3.63, 3.8) is 0 Å². The predicted octanol–water partition coefficient (Wildman–Crippen LogP) is 8.78. The third kappa shape index (κ3) is 10.2. The van der Waals surface area contributed by atoms with Crippen molar-refractivity contribution in [3.8, 4) is 0 Å². The van der Waals surface area contributed by atoms with E-state index in [1.165, 1.54) is 57.2 Å². The number of non-ortho nitro benzene ring substituents is 2. The van der Waals surface area contributed by atoms with Crippen molar-refractivity contribution < 1.29 is 30.6 Å². The van der Waals surface area contributed by atoms with Crippen LogP contribution in [0.5, 0.6) is 0 Å². The zero-order valence-electron chi connectivity index (χ0n) is 29.2. The molecule has 2 unspecified atom stereocenters. The van der Waals surface area contributed by atoms with Gasteiger partial charge in [0.15, 0.2) is 0 Å². The highest BCUT2D eigenvalue weighted by Gasteiger charge is 2.21. The molecular weight excluding hydrogens is 811 g/mol. The molecule has 0 aliphatic carbocycles. The number of aliphatic hydroxyl groups is 1. The van der Waals surface area contributed by atoms with Gasteiger partial charge < -0.3 is 9.84 Å². The van der Waals surface area contributed by atoms with E-state index in [0.717, 1.165) is 10.8 Å². The number of fused-ring (bicyclic) bond motifs is 2. The van der Waals surface area contributed by atoms with Gasteiger partial charge in [-0.1, -0.05) is 90.7 Å². The molecule has 54 heavy (non-hydrogen) atoms. The van der Waals surface area contributed by atoms with Crippen LogP contribution in [-0.4, -0.2) is 60.6 Å². The molecule has 3 aromatic heterocycles. The first kappa shape index (κ1) is 40.4. The number of hydrogen-bond donors (Lipinski definition) is 1. The van der Waals surface area contributed by atoms with Crippen molar-refractivity contribution >= 4 is 67.6 Å². The summed E-state index contributed by atoms with van der Waals surface area (Å²) in [6.07, 6.45) is 11.5. The first-order valence-electron chi connectivity index (χ1n) is 16.2. The zero-order chi connectivity index (χ0) is 39.2. The summed E-state index contributed by atoms with van der Waals surface area (Å²) in [5.41, 5.74) is 1.20. The molecule has 4 aromatic carbocycles. The first-order chi connectivity index (χ1) is 26.0. The number of alkyl halides is 1. The van der Waals surface area contributed by atoms with Crippen molar-refractivity contribution in [3.05, 3.63) is 160 Å². The second-order valence-electron chi connectivity index (χ2n) is 10.9. The van der Waals surface area contributed by atoms with E-state index in [1.54, 1.807) is 99.3 Å². The van der Waals surface area contributed by atoms with Crippen LogP contribution in [0, 0.1) is 20.2 Å². The van der Waals surface area contributed by atoms with E-state index in [2.05, 4.69) is 15.0 Å². The monoisotopic (exact) mass is 849 g/mol. The molecule has 0 saturated carbocycles. The summed E-state index contributed by atoms with van der Waals surface area (Å²) in [6, 6.07) is 20.2. The normalized spacial score (nSPS) is 11.4. The Morgan fingerprint density at radius 3 is 1.52 bits per heavy atom. The van der Waals surface area contributed by atoms with Crippen LogP contribution in [-0.2, 0) is 4.74 Å². The van der Waals surface area contributed by atoms with Gasteiger partial charge in [0.1, 0.15) is 25.1 Å². The van der Waals surface area contributed by atoms with E-state index in [4.69, 9.17) is 6.11 Å². The van der Waals surface area contributed by atoms with Gasteiger partial charge in [0, 0.05) is 56.2 Å². The lowest BCUT2D eigenvalue weighted by Gasteiger charge is -2.15. The second-order valence-corrected chi connectivity index (χ2v) is 10.9. The Bertz CT molecular complexity index is 2270. The van der Waals surface area contributed by atoms with Crippen LogP contribution in [0.3, 0.4) is 0 Å². The molecule has 0 amide bonds. The number of ether oxygens (including phenoxy) is 1. The molecule has 7 rings (SSSR count). The lowest BCUT2D eigenvalue weighted by atomic mass is 9.99. The quantitative estimate of drug-likeness (QED) is 0.0750. The van der Waals surface area contributed by atoms with E-state index in [1.807, 2.05) is 22.6 Å². The molecule has 0 spiro atoms. The molecule has 3 heterocycles. The summed E-state index contributed by atoms with van der Waals surface area (Å²) in [6.45, 7) is 3.28. The fraction of sp³-hybridized carbons (Fsp3) is 0.162. The number of hydrogen-bond acceptors (Lipinski definition) is 11. The molecule has 0 aliphatic rings. The average molecular weight is 850 g/mol. The fourth-order valence-corrected chi connectivity index (χ4v) is 5.21. The summed E-state index contributed by atoms with van der Waals surface area (Å²) < 4.78 is 15.5. The van der Waals surface area contributed by atoms with Gasteiger partial charge in [-0.3, -0.25) is 29.4 Å². The van der Waals surface area contributed by atoms with Crippen LogP contribution in [0.4, 0.5) is 21.0 Å². The van der Waals surface area contributed by atoms with Gasteiger partial charge in [0.2, 0.25) is 0 Å². The second kappa shape index (κ2) is 20.0. The SMILES string of the molecule is C.CC(O)c1cccc2cccc([N+](=O)[O-])c12.CC(OC(=O)n1ccnc1)c1cccc2cccc([N+](=O)[O-])c12.O=C(n1ccnc1)n1ccnc1.[2H]CI. The molecule has 1 N–H and O–H groups in total. The van der Waals surface area contributed by atoms with Crippen molar-refractivity contribution in [1.29, 1.82) is 0 Å². The number of imidazole rings is 3. The van der Waals surface area contributed by atoms with Gasteiger partial charge in [-0.25, -0.2) is 29.1 Å². The molecule has 0 bridgehead atoms. The molecule has 16 nitrogen and oxygen atoms in total. The molecule has 0 aliphatic heterocycles. The Hall–Kier alpha value is -6.34. The third-order valence-electron chi connectivity index (χ3n) is 7.55. The smallest absolute Gasteiger partial charge is 0.419 e. The number of halogens is 1. The lowest BCUT2D eigenvalue weighted by Crippen LogP contribution is -2.15. The molecule has 0 saturated heterocycles. The number of benzene rings is 4. The van der Waals surface area contributed by atoms with Crippen molar-refractivity contribution in [2.45, 2.75) is 33.5 Å². The van der Waals surface area contributed by atoms with Crippen molar-refractivity contribution in [1.82, 2.24) is 28.7 Å². The highest BCUT2D eigenvalue weighted by Crippen LogP contribution is 2.34. The summed E-state index contributed by atoms with van der Waals surface area (Å²) in [5, 5.41) is 34.3. The number of nitro benzene ring substituents is 2. The molecule has 17 heteroatoms. The molecule has 0 radical (unpaired) electrons. The van der Waals surface area contributed by atoms with Crippen LogP contribution >= 0.6 is 22.6 Å². The summed E-state index contributed by atoms with van der Waals surface area (Å²) >= 11 is 1.96. The largest absolute Gasteiger partial charge is 0.441 e. The van der Waals surface area contributed by atoms with Crippen molar-refractivity contribution in [2.24, 2.45) is 0 Å². The van der Waals surface area contributed by atoms with E-state index < -0.39 is 28.1 Å². The molecule has 2 atom stereocenters. The number of nitrogens with zero attached hydrogens (tertiary/aromatic N) is 8. The number of aliphatic hydroxyl groups excluding tert-OH is 1. The van der Waals surface area contributed by atoms with Crippen LogP contribution in [0.1, 0.15) is 46.0 Å². The third-order valence-corrected chi connectivity index (χ3v) is 7.55. The van der Waals surface area contributed by atoms with Gasteiger partial charge in [0.25, 0.3) is 11.4 Å². The lowest BCUT2D eigenvalue weighted by molar-refractivity contribution is -0.383. The van der Waals surface area contributed by atoms with E-state index in [-0.39, 0.29) is 24.8 Å². The van der Waals surface area contributed by atoms with Gasteiger partial charge in [-0.05, 0) is 35.1 Å². The first-order valence-corrected chi connectivity index (χ1v) is 17.1. The van der Waals surface area contributed by atoms with Gasteiger partial charge in [-0.2, -0.15) is 0 Å². The Balaban J connectivity index is 0.000000222. The van der Waals surface area contributed by atoms with Crippen LogP contribution in [0.15, 0.2) is 129 Å². The van der Waals surface area contributed by atoms with Crippen molar-refractivity contribution in [2.75, 3.05) is 4.91 Å². The molecule has 7 aromatic rings. The highest BCUT2D eigenvalue weighted by atomic mass is 127. The maximum atomic E-state index is 12.0. The van der Waals surface area contributed by atoms with E-state index in [9.17, 15) is 34.9 Å². The number of carbonyl (C=O) groups is 2. The zero-order valence-corrected chi connectivity index (χ0v) is 30.4. The summed E-state index contributed by atoms with van der Waals surface area (Å²) in [7, 11) is 0. The highest BCUT2D eigenvalue weighted by molar-refractivity contribution is 14.1. The van der Waals surface area contributed by atoms with Crippen LogP contribution in [0.2, 0.25) is 0 Å². The van der Waals surface area contributed by atoms with E-state index >= 15 is 0 Å². The van der Waals surface area contributed by atoms with Gasteiger partial charge >= 0.3 is 12.1 Å². The minimum atomic E-state index is -0.718. The Kier molecular flexibility index (Phi) is 15.0. The molecular formula is C37H37IN8O8. The maximum absolute atomic E-state index is 12.0. The number of carbonyl (C=O) groups excluding carboxylic acids is 2. The van der Waals surface area contributed by atoms with Crippen LogP contribution < -0.4 is 0 Å². The molecule has 280 valence electrons. The Morgan fingerprint density at radius 2 is 1.13 bits per heavy atom. The maximum Gasteiger partial charge on any atom is 0.419 e. The number of aromatic nitrogens is 6. The minimum absolute atomic E-state index is 0. The number of rotatable bonds is 5. The number of nitro groups is 2. The Morgan fingerprint density at radius 1 is 0.741 bits per heavy atom. The predicted molar refractivity (Wildman–Crippen MR) is 212 cm³/mol. The molecule has 0 fully saturated rings. The summed E-state index contributed by atoms with van der Waals surface area (Å²) in [4.78, 5) is 56.5. The van der Waals surface area contributed by atoms with Gasteiger partial charge in [-0.15, -0.1) is 0 Å². The fourth-order valence-electron chi connectivity index (χ4n) is 5.21. The minimum Gasteiger partial charge on any atom is -0.441 e. The summed E-state index contributed by atoms with van der Waals surface area (Å²) in [5.74, 6) is 0. The average Bonchev–Trinajstić information content (AvgIpc) is 3.99.